The maximum absolute atomic E-state index is 5.37. The van der Waals surface area contributed by atoms with Crippen LogP contribution in [-0.2, 0) is 11.2 Å². The van der Waals surface area contributed by atoms with Gasteiger partial charge in [-0.3, -0.25) is 9.88 Å². The predicted octanol–water partition coefficient (Wildman–Crippen LogP) is 2.50. The van der Waals surface area contributed by atoms with E-state index in [4.69, 9.17) is 4.74 Å². The molecule has 3 heteroatoms. The van der Waals surface area contributed by atoms with Gasteiger partial charge in [0.25, 0.3) is 0 Å². The largest absolute Gasteiger partial charge is 0.379 e. The van der Waals surface area contributed by atoms with E-state index in [1.54, 1.807) is 0 Å². The number of rotatable bonds is 4. The lowest BCUT2D eigenvalue weighted by Gasteiger charge is -2.26. The van der Waals surface area contributed by atoms with Crippen LogP contribution in [0.2, 0.25) is 0 Å². The average Bonchev–Trinajstić information content (AvgIpc) is 2.49. The quantitative estimate of drug-likeness (QED) is 0.840. The zero-order chi connectivity index (χ0) is 12.9. The van der Waals surface area contributed by atoms with Gasteiger partial charge in [-0.05, 0) is 31.0 Å². The Balaban J connectivity index is 1.62. The number of benzene rings is 1. The summed E-state index contributed by atoms with van der Waals surface area (Å²) in [6.45, 7) is 5.08. The number of fused-ring (bicyclic) bond motifs is 1. The second kappa shape index (κ2) is 6.13. The highest BCUT2D eigenvalue weighted by atomic mass is 16.5. The Morgan fingerprint density at radius 3 is 2.84 bits per heavy atom. The first-order chi connectivity index (χ1) is 9.43. The number of ether oxygens (including phenoxy) is 1. The van der Waals surface area contributed by atoms with Crippen LogP contribution in [0.25, 0.3) is 10.9 Å². The molecular weight excluding hydrogens is 236 g/mol. The Bertz CT molecular complexity index is 530. The van der Waals surface area contributed by atoms with Gasteiger partial charge in [-0.25, -0.2) is 0 Å². The van der Waals surface area contributed by atoms with Crippen LogP contribution in [0.3, 0.4) is 0 Å². The molecule has 100 valence electrons. The summed E-state index contributed by atoms with van der Waals surface area (Å²) in [5.41, 5.74) is 2.53. The first-order valence-corrected chi connectivity index (χ1v) is 7.06. The highest BCUT2D eigenvalue weighted by Crippen LogP contribution is 2.17. The van der Waals surface area contributed by atoms with Crippen LogP contribution in [0.5, 0.6) is 0 Å². The summed E-state index contributed by atoms with van der Waals surface area (Å²) < 4.78 is 5.37. The van der Waals surface area contributed by atoms with E-state index < -0.39 is 0 Å². The minimum absolute atomic E-state index is 0.885. The third-order valence-corrected chi connectivity index (χ3v) is 3.74. The van der Waals surface area contributed by atoms with Crippen LogP contribution < -0.4 is 0 Å². The molecule has 0 spiro atoms. The molecule has 0 amide bonds. The van der Waals surface area contributed by atoms with Crippen LogP contribution in [0.15, 0.2) is 36.5 Å². The van der Waals surface area contributed by atoms with Crippen molar-refractivity contribution in [3.8, 4) is 0 Å². The Kier molecular flexibility index (Phi) is 4.06. The molecule has 1 aliphatic heterocycles. The fourth-order valence-electron chi connectivity index (χ4n) is 2.69. The van der Waals surface area contributed by atoms with Gasteiger partial charge in [0, 0.05) is 24.7 Å². The van der Waals surface area contributed by atoms with E-state index in [-0.39, 0.29) is 0 Å². The van der Waals surface area contributed by atoms with Crippen LogP contribution >= 0.6 is 0 Å². The van der Waals surface area contributed by atoms with Crippen molar-refractivity contribution in [3.05, 3.63) is 42.1 Å². The number of para-hydroxylation sites is 1. The summed E-state index contributed by atoms with van der Waals surface area (Å²) >= 11 is 0. The Morgan fingerprint density at radius 1 is 1.11 bits per heavy atom. The van der Waals surface area contributed by atoms with Gasteiger partial charge in [0.15, 0.2) is 0 Å². The van der Waals surface area contributed by atoms with Crippen molar-refractivity contribution in [2.24, 2.45) is 0 Å². The van der Waals surface area contributed by atoms with Crippen LogP contribution in [0.4, 0.5) is 0 Å². The number of morpholine rings is 1. The zero-order valence-corrected chi connectivity index (χ0v) is 11.2. The van der Waals surface area contributed by atoms with Crippen molar-refractivity contribution in [3.63, 3.8) is 0 Å². The topological polar surface area (TPSA) is 25.4 Å². The molecule has 0 radical (unpaired) electrons. The third-order valence-electron chi connectivity index (χ3n) is 3.74. The Labute approximate surface area is 114 Å². The highest BCUT2D eigenvalue weighted by Gasteiger charge is 2.10. The molecule has 1 aromatic carbocycles. The van der Waals surface area contributed by atoms with E-state index in [2.05, 4.69) is 34.1 Å². The minimum Gasteiger partial charge on any atom is -0.379 e. The monoisotopic (exact) mass is 256 g/mol. The van der Waals surface area contributed by atoms with Gasteiger partial charge in [-0.15, -0.1) is 0 Å². The normalized spacial score (nSPS) is 16.8. The smallest absolute Gasteiger partial charge is 0.0733 e. The molecule has 3 nitrogen and oxygen atoms in total. The first-order valence-electron chi connectivity index (χ1n) is 7.06. The van der Waals surface area contributed by atoms with E-state index in [0.717, 1.165) is 44.8 Å². The summed E-state index contributed by atoms with van der Waals surface area (Å²) in [6.07, 6.45) is 4.18. The van der Waals surface area contributed by atoms with Gasteiger partial charge in [0.1, 0.15) is 0 Å². The number of aryl methyl sites for hydroxylation is 1. The standard InChI is InChI=1S/C16H20N2O/c1-4-14-6-2-8-17-16(14)15(5-1)7-3-9-18-10-12-19-13-11-18/h1-2,4-6,8H,3,7,9-13H2. The first kappa shape index (κ1) is 12.6. The second-order valence-electron chi connectivity index (χ2n) is 5.05. The molecule has 19 heavy (non-hydrogen) atoms. The SMILES string of the molecule is c1cnc2c(CCCN3CCOCC3)cccc2c1. The fraction of sp³-hybridized carbons (Fsp3) is 0.438. The molecule has 2 heterocycles. The fourth-order valence-corrected chi connectivity index (χ4v) is 2.69. The number of hydrogen-bond donors (Lipinski definition) is 0. The van der Waals surface area contributed by atoms with Gasteiger partial charge in [-0.1, -0.05) is 24.3 Å². The minimum atomic E-state index is 0.885. The molecule has 1 fully saturated rings. The van der Waals surface area contributed by atoms with Crippen LogP contribution in [0, 0.1) is 0 Å². The molecule has 0 aliphatic carbocycles. The lowest BCUT2D eigenvalue weighted by atomic mass is 10.1. The van der Waals surface area contributed by atoms with E-state index in [1.165, 1.54) is 17.4 Å². The predicted molar refractivity (Wildman–Crippen MR) is 77.3 cm³/mol. The molecule has 3 rings (SSSR count). The van der Waals surface area contributed by atoms with E-state index in [1.807, 2.05) is 12.3 Å². The summed E-state index contributed by atoms with van der Waals surface area (Å²) in [4.78, 5) is 7.00. The number of pyridine rings is 1. The molecule has 0 saturated carbocycles. The molecule has 1 aliphatic rings. The average molecular weight is 256 g/mol. The molecule has 1 saturated heterocycles. The Hall–Kier alpha value is -1.45. The van der Waals surface area contributed by atoms with Crippen molar-refractivity contribution in [2.45, 2.75) is 12.8 Å². The third kappa shape index (κ3) is 3.11. The van der Waals surface area contributed by atoms with Gasteiger partial charge < -0.3 is 4.74 Å². The van der Waals surface area contributed by atoms with Gasteiger partial charge in [0.2, 0.25) is 0 Å². The Morgan fingerprint density at radius 2 is 1.95 bits per heavy atom. The van der Waals surface area contributed by atoms with Crippen molar-refractivity contribution >= 4 is 10.9 Å². The van der Waals surface area contributed by atoms with Gasteiger partial charge in [0.05, 0.1) is 18.7 Å². The van der Waals surface area contributed by atoms with Crippen molar-refractivity contribution < 1.29 is 4.74 Å². The molecule has 0 atom stereocenters. The van der Waals surface area contributed by atoms with E-state index in [0.29, 0.717) is 0 Å². The van der Waals surface area contributed by atoms with Crippen LogP contribution in [-0.4, -0.2) is 42.7 Å². The lowest BCUT2D eigenvalue weighted by Crippen LogP contribution is -2.36. The van der Waals surface area contributed by atoms with Crippen molar-refractivity contribution in [1.29, 1.82) is 0 Å². The number of hydrogen-bond acceptors (Lipinski definition) is 3. The van der Waals surface area contributed by atoms with Gasteiger partial charge >= 0.3 is 0 Å². The molecule has 1 aromatic heterocycles. The zero-order valence-electron chi connectivity index (χ0n) is 11.2. The van der Waals surface area contributed by atoms with Crippen LogP contribution in [0.1, 0.15) is 12.0 Å². The maximum atomic E-state index is 5.37. The number of nitrogens with zero attached hydrogens (tertiary/aromatic N) is 2. The van der Waals surface area contributed by atoms with E-state index in [9.17, 15) is 0 Å². The summed E-state index contributed by atoms with van der Waals surface area (Å²) in [7, 11) is 0. The molecule has 0 bridgehead atoms. The maximum Gasteiger partial charge on any atom is 0.0733 e. The summed E-state index contributed by atoms with van der Waals surface area (Å²) in [6, 6.07) is 10.6. The molecule has 2 aromatic rings. The summed E-state index contributed by atoms with van der Waals surface area (Å²) in [5, 5.41) is 1.24. The molecular formula is C16H20N2O. The van der Waals surface area contributed by atoms with Gasteiger partial charge in [-0.2, -0.15) is 0 Å². The molecule has 0 N–H and O–H groups in total. The van der Waals surface area contributed by atoms with Crippen molar-refractivity contribution in [1.82, 2.24) is 9.88 Å². The van der Waals surface area contributed by atoms with E-state index >= 15 is 0 Å². The lowest BCUT2D eigenvalue weighted by molar-refractivity contribution is 0.0375. The highest BCUT2D eigenvalue weighted by molar-refractivity contribution is 5.81. The summed E-state index contributed by atoms with van der Waals surface area (Å²) in [5.74, 6) is 0. The number of aromatic nitrogens is 1. The second-order valence-corrected chi connectivity index (χ2v) is 5.05. The molecule has 0 unspecified atom stereocenters. The van der Waals surface area contributed by atoms with Crippen molar-refractivity contribution in [2.75, 3.05) is 32.8 Å².